The molecular weight excluding hydrogens is 208 g/mol. The molecule has 1 aromatic heterocycles. The van der Waals surface area contributed by atoms with Crippen LogP contribution in [0.15, 0.2) is 12.3 Å². The van der Waals surface area contributed by atoms with E-state index in [-0.39, 0.29) is 6.61 Å². The van der Waals surface area contributed by atoms with Crippen LogP contribution in [0.3, 0.4) is 0 Å². The van der Waals surface area contributed by atoms with Crippen LogP contribution in [0.5, 0.6) is 5.75 Å². The highest BCUT2D eigenvalue weighted by Crippen LogP contribution is 2.22. The van der Waals surface area contributed by atoms with Crippen molar-refractivity contribution in [3.8, 4) is 5.75 Å². The fourth-order valence-corrected chi connectivity index (χ4v) is 1.27. The molecule has 1 aromatic rings. The van der Waals surface area contributed by atoms with Gasteiger partial charge in [0.15, 0.2) is 5.75 Å². The average molecular weight is 226 g/mol. The second-order valence-corrected chi connectivity index (χ2v) is 3.29. The van der Waals surface area contributed by atoms with Crippen molar-refractivity contribution >= 4 is 5.69 Å². The molecule has 0 spiro atoms. The van der Waals surface area contributed by atoms with Gasteiger partial charge in [-0.2, -0.15) is 0 Å². The molecule has 0 amide bonds. The fourth-order valence-electron chi connectivity index (χ4n) is 1.27. The number of aryl methyl sites for hydroxylation is 1. The molecule has 16 heavy (non-hydrogen) atoms. The van der Waals surface area contributed by atoms with Crippen molar-refractivity contribution in [1.82, 2.24) is 4.98 Å². The Bertz CT molecular complexity index is 318. The molecule has 0 saturated heterocycles. The Morgan fingerprint density at radius 2 is 2.25 bits per heavy atom. The van der Waals surface area contributed by atoms with Crippen molar-refractivity contribution in [2.24, 2.45) is 0 Å². The topological polar surface area (TPSA) is 63.6 Å². The lowest BCUT2D eigenvalue weighted by Crippen LogP contribution is -2.12. The second-order valence-electron chi connectivity index (χ2n) is 3.29. The summed E-state index contributed by atoms with van der Waals surface area (Å²) in [5.41, 5.74) is 1.84. The molecule has 0 bridgehead atoms. The highest BCUT2D eigenvalue weighted by Gasteiger charge is 2.02. The number of anilines is 1. The first-order valence-electron chi connectivity index (χ1n) is 5.21. The Kier molecular flexibility index (Phi) is 5.60. The number of ether oxygens (including phenoxy) is 2. The summed E-state index contributed by atoms with van der Waals surface area (Å²) in [4.78, 5) is 4.14. The first-order valence-corrected chi connectivity index (χ1v) is 5.21. The molecule has 0 unspecified atom stereocenters. The number of rotatable bonds is 7. The third-order valence-corrected chi connectivity index (χ3v) is 2.02. The molecule has 2 N–H and O–H groups in total. The number of nitrogens with zero attached hydrogens (tertiary/aromatic N) is 1. The van der Waals surface area contributed by atoms with Crippen LogP contribution < -0.4 is 10.1 Å². The van der Waals surface area contributed by atoms with E-state index in [9.17, 15) is 0 Å². The maximum absolute atomic E-state index is 8.53. The van der Waals surface area contributed by atoms with Crippen molar-refractivity contribution in [3.63, 3.8) is 0 Å². The van der Waals surface area contributed by atoms with Crippen LogP contribution in [0.25, 0.3) is 0 Å². The number of hydrogen-bond acceptors (Lipinski definition) is 5. The van der Waals surface area contributed by atoms with Gasteiger partial charge >= 0.3 is 0 Å². The van der Waals surface area contributed by atoms with Crippen molar-refractivity contribution in [1.29, 1.82) is 0 Å². The normalized spacial score (nSPS) is 10.2. The molecular formula is C11H18N2O3. The van der Waals surface area contributed by atoms with E-state index in [0.29, 0.717) is 25.5 Å². The highest BCUT2D eigenvalue weighted by atomic mass is 16.5. The van der Waals surface area contributed by atoms with Crippen LogP contribution in [-0.4, -0.2) is 43.6 Å². The van der Waals surface area contributed by atoms with Crippen molar-refractivity contribution in [2.75, 3.05) is 38.8 Å². The van der Waals surface area contributed by atoms with Crippen LogP contribution in [-0.2, 0) is 4.74 Å². The predicted molar refractivity (Wildman–Crippen MR) is 61.9 cm³/mol. The third-order valence-electron chi connectivity index (χ3n) is 2.02. The number of methoxy groups -OCH3 is 1. The first kappa shape index (κ1) is 12.7. The predicted octanol–water partition coefficient (Wildman–Crippen LogP) is 0.819. The van der Waals surface area contributed by atoms with Crippen LogP contribution in [0.1, 0.15) is 5.69 Å². The summed E-state index contributed by atoms with van der Waals surface area (Å²) < 4.78 is 10.3. The van der Waals surface area contributed by atoms with Gasteiger partial charge in [0.2, 0.25) is 0 Å². The van der Waals surface area contributed by atoms with E-state index in [4.69, 9.17) is 14.6 Å². The zero-order valence-electron chi connectivity index (χ0n) is 9.69. The standard InChI is InChI=1S/C11H18N2O3/c1-9-7-10(11(15-2)8-13-9)12-3-5-16-6-4-14/h7-8,14H,3-6H2,1-2H3,(H,12,13). The monoisotopic (exact) mass is 226 g/mol. The maximum Gasteiger partial charge on any atom is 0.160 e. The quantitative estimate of drug-likeness (QED) is 0.674. The summed E-state index contributed by atoms with van der Waals surface area (Å²) in [5.74, 6) is 0.716. The lowest BCUT2D eigenvalue weighted by atomic mass is 10.3. The Balaban J connectivity index is 2.42. The Labute approximate surface area is 95.4 Å². The Morgan fingerprint density at radius 3 is 2.94 bits per heavy atom. The van der Waals surface area contributed by atoms with E-state index in [2.05, 4.69) is 10.3 Å². The fraction of sp³-hybridized carbons (Fsp3) is 0.545. The molecule has 0 radical (unpaired) electrons. The van der Waals surface area contributed by atoms with E-state index in [0.717, 1.165) is 11.4 Å². The summed E-state index contributed by atoms with van der Waals surface area (Å²) in [6, 6.07) is 1.92. The van der Waals surface area contributed by atoms with Crippen molar-refractivity contribution in [3.05, 3.63) is 18.0 Å². The molecule has 5 heteroatoms. The van der Waals surface area contributed by atoms with Crippen LogP contribution >= 0.6 is 0 Å². The SMILES string of the molecule is COc1cnc(C)cc1NCCOCCO. The number of aliphatic hydroxyl groups is 1. The second kappa shape index (κ2) is 7.03. The minimum atomic E-state index is 0.0533. The molecule has 0 fully saturated rings. The van der Waals surface area contributed by atoms with Gasteiger partial charge in [0, 0.05) is 12.2 Å². The zero-order valence-corrected chi connectivity index (χ0v) is 9.69. The van der Waals surface area contributed by atoms with Gasteiger partial charge in [0.1, 0.15) is 0 Å². The number of aliphatic hydroxyl groups excluding tert-OH is 1. The largest absolute Gasteiger partial charge is 0.493 e. The van der Waals surface area contributed by atoms with Gasteiger partial charge in [-0.25, -0.2) is 0 Å². The van der Waals surface area contributed by atoms with Gasteiger partial charge in [-0.05, 0) is 13.0 Å². The third kappa shape index (κ3) is 4.04. The summed E-state index contributed by atoms with van der Waals surface area (Å²) >= 11 is 0. The molecule has 0 aliphatic heterocycles. The molecule has 5 nitrogen and oxygen atoms in total. The molecule has 0 aromatic carbocycles. The molecule has 0 aliphatic rings. The number of aromatic nitrogens is 1. The molecule has 0 aliphatic carbocycles. The van der Waals surface area contributed by atoms with Crippen LogP contribution in [0, 0.1) is 6.92 Å². The van der Waals surface area contributed by atoms with E-state index in [1.807, 2.05) is 13.0 Å². The van der Waals surface area contributed by atoms with E-state index < -0.39 is 0 Å². The summed E-state index contributed by atoms with van der Waals surface area (Å²) in [6.45, 7) is 3.56. The average Bonchev–Trinajstić information content (AvgIpc) is 2.29. The highest BCUT2D eigenvalue weighted by molar-refractivity contribution is 5.55. The number of nitrogens with one attached hydrogen (secondary N) is 1. The smallest absolute Gasteiger partial charge is 0.160 e. The Morgan fingerprint density at radius 1 is 1.44 bits per heavy atom. The minimum absolute atomic E-state index is 0.0533. The molecule has 1 heterocycles. The summed E-state index contributed by atoms with van der Waals surface area (Å²) in [7, 11) is 1.61. The Hall–Kier alpha value is -1.33. The van der Waals surface area contributed by atoms with Gasteiger partial charge in [0.05, 0.1) is 38.8 Å². The van der Waals surface area contributed by atoms with E-state index in [1.54, 1.807) is 13.3 Å². The van der Waals surface area contributed by atoms with Crippen molar-refractivity contribution < 1.29 is 14.6 Å². The molecule has 90 valence electrons. The molecule has 1 rings (SSSR count). The van der Waals surface area contributed by atoms with Crippen molar-refractivity contribution in [2.45, 2.75) is 6.92 Å². The van der Waals surface area contributed by atoms with Gasteiger partial charge in [-0.1, -0.05) is 0 Å². The minimum Gasteiger partial charge on any atom is -0.493 e. The van der Waals surface area contributed by atoms with E-state index in [1.165, 1.54) is 0 Å². The lowest BCUT2D eigenvalue weighted by molar-refractivity contribution is 0.0992. The molecule has 0 saturated carbocycles. The zero-order chi connectivity index (χ0) is 11.8. The van der Waals surface area contributed by atoms with Crippen LogP contribution in [0.2, 0.25) is 0 Å². The van der Waals surface area contributed by atoms with Gasteiger partial charge in [0.25, 0.3) is 0 Å². The summed E-state index contributed by atoms with van der Waals surface area (Å²) in [6.07, 6.45) is 1.69. The van der Waals surface area contributed by atoms with Gasteiger partial charge in [-0.15, -0.1) is 0 Å². The number of hydrogen-bond donors (Lipinski definition) is 2. The summed E-state index contributed by atoms with van der Waals surface area (Å²) in [5, 5.41) is 11.7. The van der Waals surface area contributed by atoms with E-state index >= 15 is 0 Å². The first-order chi connectivity index (χ1) is 7.77. The van der Waals surface area contributed by atoms with Crippen LogP contribution in [0.4, 0.5) is 5.69 Å². The lowest BCUT2D eigenvalue weighted by Gasteiger charge is -2.11. The van der Waals surface area contributed by atoms with Gasteiger partial charge < -0.3 is 19.9 Å². The molecule has 0 atom stereocenters. The maximum atomic E-state index is 8.53. The van der Waals surface area contributed by atoms with Gasteiger partial charge in [-0.3, -0.25) is 4.98 Å². The number of pyridine rings is 1.